The minimum atomic E-state index is -0.195. The number of thiophene rings is 1. The highest BCUT2D eigenvalue weighted by atomic mass is 32.1. The number of aliphatic hydroxyl groups is 1. The van der Waals surface area contributed by atoms with Gasteiger partial charge in [-0.05, 0) is 42.3 Å². The van der Waals surface area contributed by atoms with Crippen molar-refractivity contribution in [3.8, 4) is 11.5 Å². The van der Waals surface area contributed by atoms with Gasteiger partial charge in [-0.3, -0.25) is 4.79 Å². The predicted octanol–water partition coefficient (Wildman–Crippen LogP) is 3.05. The summed E-state index contributed by atoms with van der Waals surface area (Å²) in [5.41, 5.74) is 0.451. The van der Waals surface area contributed by atoms with Gasteiger partial charge in [0.1, 0.15) is 0 Å². The number of amides is 1. The number of carbonyl (C=O) groups excluding carboxylic acids is 1. The normalized spacial score (nSPS) is 11.8. The van der Waals surface area contributed by atoms with Crippen LogP contribution in [0.15, 0.2) is 35.7 Å². The first-order valence-corrected chi connectivity index (χ1v) is 8.72. The Morgan fingerprint density at radius 1 is 1.21 bits per heavy atom. The number of nitrogens with one attached hydrogen (secondary N) is 1. The molecule has 1 atom stereocenters. The van der Waals surface area contributed by atoms with E-state index in [9.17, 15) is 9.90 Å². The van der Waals surface area contributed by atoms with Gasteiger partial charge in [0.05, 0.1) is 19.8 Å². The molecular formula is C18H23NO4S. The second-order valence-electron chi connectivity index (χ2n) is 5.31. The lowest BCUT2D eigenvalue weighted by molar-refractivity contribution is 0.0948. The molecule has 130 valence electrons. The second kappa shape index (κ2) is 9.30. The summed E-state index contributed by atoms with van der Waals surface area (Å²) < 4.78 is 10.5. The fourth-order valence-corrected chi connectivity index (χ4v) is 3.53. The first-order chi connectivity index (χ1) is 11.7. The molecule has 1 aromatic carbocycles. The van der Waals surface area contributed by atoms with Crippen molar-refractivity contribution in [1.82, 2.24) is 5.32 Å². The molecule has 0 fully saturated rings. The molecule has 0 radical (unpaired) electrons. The van der Waals surface area contributed by atoms with Gasteiger partial charge < -0.3 is 19.9 Å². The van der Waals surface area contributed by atoms with E-state index in [4.69, 9.17) is 9.47 Å². The topological polar surface area (TPSA) is 67.8 Å². The number of hydrogen-bond acceptors (Lipinski definition) is 5. The molecule has 24 heavy (non-hydrogen) atoms. The number of ether oxygens (including phenoxy) is 2. The lowest BCUT2D eigenvalue weighted by Gasteiger charge is -2.16. The van der Waals surface area contributed by atoms with E-state index in [-0.39, 0.29) is 18.4 Å². The third kappa shape index (κ3) is 4.49. The fourth-order valence-electron chi connectivity index (χ4n) is 2.63. The van der Waals surface area contributed by atoms with E-state index < -0.39 is 0 Å². The molecule has 0 aliphatic rings. The van der Waals surface area contributed by atoms with Crippen molar-refractivity contribution in [3.63, 3.8) is 0 Å². The van der Waals surface area contributed by atoms with Crippen molar-refractivity contribution in [2.45, 2.75) is 18.8 Å². The number of carbonyl (C=O) groups is 1. The monoisotopic (exact) mass is 349 g/mol. The summed E-state index contributed by atoms with van der Waals surface area (Å²) in [7, 11) is 3.06. The molecule has 0 saturated carbocycles. The standard InChI is InChI=1S/C18H23NO4S/c1-22-15-6-3-5-14(17(15)23-2)18(21)19-10-8-13(9-11-20)16-7-4-12-24-16/h3-7,12-13,20H,8-11H2,1-2H3,(H,19,21)/t13-/m0/s1. The van der Waals surface area contributed by atoms with Crippen LogP contribution in [-0.2, 0) is 0 Å². The van der Waals surface area contributed by atoms with Crippen molar-refractivity contribution in [3.05, 3.63) is 46.2 Å². The van der Waals surface area contributed by atoms with Crippen molar-refractivity contribution in [2.75, 3.05) is 27.4 Å². The maximum Gasteiger partial charge on any atom is 0.255 e. The predicted molar refractivity (Wildman–Crippen MR) is 95.3 cm³/mol. The summed E-state index contributed by atoms with van der Waals surface area (Å²) in [5.74, 6) is 1.02. The van der Waals surface area contributed by atoms with Gasteiger partial charge in [0.25, 0.3) is 5.91 Å². The Bertz CT molecular complexity index is 642. The minimum absolute atomic E-state index is 0.139. The fraction of sp³-hybridized carbons (Fsp3) is 0.389. The maximum absolute atomic E-state index is 12.4. The Balaban J connectivity index is 1.98. The number of aliphatic hydroxyl groups excluding tert-OH is 1. The highest BCUT2D eigenvalue weighted by Crippen LogP contribution is 2.31. The first-order valence-electron chi connectivity index (χ1n) is 7.84. The third-order valence-electron chi connectivity index (χ3n) is 3.85. The van der Waals surface area contributed by atoms with Crippen LogP contribution < -0.4 is 14.8 Å². The lowest BCUT2D eigenvalue weighted by atomic mass is 10.00. The molecular weight excluding hydrogens is 326 g/mol. The molecule has 0 saturated heterocycles. The third-order valence-corrected chi connectivity index (χ3v) is 4.88. The van der Waals surface area contributed by atoms with Gasteiger partial charge in [-0.1, -0.05) is 12.1 Å². The number of methoxy groups -OCH3 is 2. The lowest BCUT2D eigenvalue weighted by Crippen LogP contribution is -2.26. The molecule has 0 aliphatic carbocycles. The average Bonchev–Trinajstić information content (AvgIpc) is 3.14. The molecule has 2 aromatic rings. The zero-order chi connectivity index (χ0) is 17.4. The molecule has 1 heterocycles. The van der Waals surface area contributed by atoms with Crippen LogP contribution in [-0.4, -0.2) is 38.4 Å². The molecule has 1 amide bonds. The van der Waals surface area contributed by atoms with Gasteiger partial charge >= 0.3 is 0 Å². The van der Waals surface area contributed by atoms with Gasteiger partial charge in [0.2, 0.25) is 0 Å². The summed E-state index contributed by atoms with van der Waals surface area (Å²) in [6, 6.07) is 9.29. The van der Waals surface area contributed by atoms with Gasteiger partial charge in [-0.25, -0.2) is 0 Å². The van der Waals surface area contributed by atoms with Crippen LogP contribution in [0.3, 0.4) is 0 Å². The highest BCUT2D eigenvalue weighted by molar-refractivity contribution is 7.10. The Labute approximate surface area is 146 Å². The first kappa shape index (κ1) is 18.3. The van der Waals surface area contributed by atoms with Crippen molar-refractivity contribution >= 4 is 17.2 Å². The molecule has 0 unspecified atom stereocenters. The summed E-state index contributed by atoms with van der Waals surface area (Å²) in [6.07, 6.45) is 1.47. The van der Waals surface area contributed by atoms with Gasteiger partial charge in [-0.2, -0.15) is 0 Å². The van der Waals surface area contributed by atoms with Crippen LogP contribution in [0.4, 0.5) is 0 Å². The van der Waals surface area contributed by atoms with Crippen LogP contribution in [0, 0.1) is 0 Å². The van der Waals surface area contributed by atoms with Crippen molar-refractivity contribution < 1.29 is 19.4 Å². The number of benzene rings is 1. The Hall–Kier alpha value is -2.05. The van der Waals surface area contributed by atoms with E-state index in [0.29, 0.717) is 30.0 Å². The Morgan fingerprint density at radius 3 is 2.67 bits per heavy atom. The zero-order valence-electron chi connectivity index (χ0n) is 14.0. The quantitative estimate of drug-likeness (QED) is 0.730. The molecule has 2 N–H and O–H groups in total. The molecule has 0 aliphatic heterocycles. The van der Waals surface area contributed by atoms with E-state index >= 15 is 0 Å². The van der Waals surface area contributed by atoms with Gasteiger partial charge in [0.15, 0.2) is 11.5 Å². The van der Waals surface area contributed by atoms with E-state index in [1.807, 2.05) is 11.4 Å². The number of hydrogen-bond donors (Lipinski definition) is 2. The largest absolute Gasteiger partial charge is 0.493 e. The van der Waals surface area contributed by atoms with Crippen LogP contribution in [0.5, 0.6) is 11.5 Å². The number of rotatable bonds is 9. The molecule has 1 aromatic heterocycles. The van der Waals surface area contributed by atoms with Gasteiger partial charge in [-0.15, -0.1) is 11.3 Å². The Morgan fingerprint density at radius 2 is 2.04 bits per heavy atom. The van der Waals surface area contributed by atoms with Crippen LogP contribution in [0.1, 0.15) is 34.0 Å². The summed E-state index contributed by atoms with van der Waals surface area (Å²) in [4.78, 5) is 13.7. The SMILES string of the molecule is COc1cccc(C(=O)NCC[C@@H](CCO)c2cccs2)c1OC. The molecule has 0 bridgehead atoms. The second-order valence-corrected chi connectivity index (χ2v) is 6.29. The van der Waals surface area contributed by atoms with Gasteiger partial charge in [0, 0.05) is 18.0 Å². The average molecular weight is 349 g/mol. The maximum atomic E-state index is 12.4. The van der Waals surface area contributed by atoms with E-state index in [1.165, 1.54) is 12.0 Å². The molecule has 2 rings (SSSR count). The molecule has 6 heteroatoms. The van der Waals surface area contributed by atoms with Crippen LogP contribution in [0.2, 0.25) is 0 Å². The molecule has 5 nitrogen and oxygen atoms in total. The summed E-state index contributed by atoms with van der Waals surface area (Å²) >= 11 is 1.68. The Kier molecular flexibility index (Phi) is 7.08. The van der Waals surface area contributed by atoms with Crippen LogP contribution in [0.25, 0.3) is 0 Å². The summed E-state index contributed by atoms with van der Waals surface area (Å²) in [6.45, 7) is 0.669. The minimum Gasteiger partial charge on any atom is -0.493 e. The summed E-state index contributed by atoms with van der Waals surface area (Å²) in [5, 5.41) is 14.2. The van der Waals surface area contributed by atoms with Crippen molar-refractivity contribution in [2.24, 2.45) is 0 Å². The van der Waals surface area contributed by atoms with E-state index in [0.717, 1.165) is 6.42 Å². The number of para-hydroxylation sites is 1. The molecule has 0 spiro atoms. The van der Waals surface area contributed by atoms with Crippen molar-refractivity contribution in [1.29, 1.82) is 0 Å². The highest BCUT2D eigenvalue weighted by Gasteiger charge is 2.17. The smallest absolute Gasteiger partial charge is 0.255 e. The van der Waals surface area contributed by atoms with E-state index in [2.05, 4.69) is 11.4 Å². The van der Waals surface area contributed by atoms with E-state index in [1.54, 1.807) is 36.6 Å². The van der Waals surface area contributed by atoms with Crippen LogP contribution >= 0.6 is 11.3 Å². The zero-order valence-corrected chi connectivity index (χ0v) is 14.8.